The quantitative estimate of drug-likeness (QED) is 0.855. The topological polar surface area (TPSA) is 94.0 Å². The highest BCUT2D eigenvalue weighted by atomic mass is 32.1. The summed E-state index contributed by atoms with van der Waals surface area (Å²) >= 11 is 1.39. The SMILES string of the molecule is Nc1sccc1-c1nc(C(=O)NC2CC2)no1. The minimum atomic E-state index is -0.295. The van der Waals surface area contributed by atoms with Gasteiger partial charge in [-0.15, -0.1) is 11.3 Å². The first-order valence-electron chi connectivity index (χ1n) is 5.22. The van der Waals surface area contributed by atoms with E-state index in [4.69, 9.17) is 10.3 Å². The minimum Gasteiger partial charge on any atom is -0.390 e. The number of carbonyl (C=O) groups excluding carboxylic acids is 1. The fourth-order valence-electron chi connectivity index (χ4n) is 1.40. The van der Waals surface area contributed by atoms with Gasteiger partial charge in [-0.2, -0.15) is 4.98 Å². The van der Waals surface area contributed by atoms with Gasteiger partial charge in [0.25, 0.3) is 17.6 Å². The lowest BCUT2D eigenvalue weighted by Crippen LogP contribution is -2.26. The van der Waals surface area contributed by atoms with Crippen molar-refractivity contribution >= 4 is 22.2 Å². The van der Waals surface area contributed by atoms with E-state index in [2.05, 4.69) is 15.5 Å². The molecule has 7 heteroatoms. The van der Waals surface area contributed by atoms with E-state index in [1.54, 1.807) is 6.07 Å². The zero-order chi connectivity index (χ0) is 11.8. The smallest absolute Gasteiger partial charge is 0.292 e. The van der Waals surface area contributed by atoms with Gasteiger partial charge in [-0.1, -0.05) is 5.16 Å². The number of rotatable bonds is 3. The van der Waals surface area contributed by atoms with Crippen molar-refractivity contribution in [2.45, 2.75) is 18.9 Å². The van der Waals surface area contributed by atoms with Crippen LogP contribution in [0.3, 0.4) is 0 Å². The molecule has 2 aromatic rings. The second kappa shape index (κ2) is 3.85. The third kappa shape index (κ3) is 2.01. The van der Waals surface area contributed by atoms with E-state index in [0.29, 0.717) is 10.6 Å². The summed E-state index contributed by atoms with van der Waals surface area (Å²) in [4.78, 5) is 15.7. The molecule has 17 heavy (non-hydrogen) atoms. The fraction of sp³-hybridized carbons (Fsp3) is 0.300. The van der Waals surface area contributed by atoms with Crippen molar-refractivity contribution in [2.24, 2.45) is 0 Å². The number of aromatic nitrogens is 2. The summed E-state index contributed by atoms with van der Waals surface area (Å²) in [6, 6.07) is 2.06. The summed E-state index contributed by atoms with van der Waals surface area (Å²) in [7, 11) is 0. The highest BCUT2D eigenvalue weighted by Crippen LogP contribution is 2.29. The molecule has 0 unspecified atom stereocenters. The molecule has 1 aliphatic carbocycles. The molecule has 0 saturated heterocycles. The van der Waals surface area contributed by atoms with Crippen molar-refractivity contribution < 1.29 is 9.32 Å². The van der Waals surface area contributed by atoms with Crippen LogP contribution < -0.4 is 11.1 Å². The Morgan fingerprint density at radius 1 is 1.59 bits per heavy atom. The lowest BCUT2D eigenvalue weighted by molar-refractivity contribution is 0.0937. The van der Waals surface area contributed by atoms with Gasteiger partial charge in [0, 0.05) is 6.04 Å². The van der Waals surface area contributed by atoms with Crippen molar-refractivity contribution in [3.63, 3.8) is 0 Å². The zero-order valence-electron chi connectivity index (χ0n) is 8.84. The first kappa shape index (κ1) is 10.3. The van der Waals surface area contributed by atoms with Gasteiger partial charge in [-0.05, 0) is 24.3 Å². The Bertz CT molecular complexity index is 558. The molecule has 2 heterocycles. The number of amides is 1. The zero-order valence-corrected chi connectivity index (χ0v) is 9.66. The van der Waals surface area contributed by atoms with Crippen molar-refractivity contribution in [3.05, 3.63) is 17.3 Å². The standard InChI is InChI=1S/C10H10N4O2S/c11-7-6(3-4-17-7)10-13-8(14-16-10)9(15)12-5-1-2-5/h3-5H,1-2,11H2,(H,12,15). The molecule has 0 radical (unpaired) electrons. The van der Waals surface area contributed by atoms with Gasteiger partial charge in [-0.3, -0.25) is 4.79 Å². The second-order valence-electron chi connectivity index (χ2n) is 3.87. The predicted octanol–water partition coefficient (Wildman–Crippen LogP) is 1.27. The molecule has 0 aromatic carbocycles. The number of nitrogens with two attached hydrogens (primary N) is 1. The van der Waals surface area contributed by atoms with Gasteiger partial charge in [-0.25, -0.2) is 0 Å². The summed E-state index contributed by atoms with van der Waals surface area (Å²) in [6.07, 6.45) is 2.04. The molecule has 6 nitrogen and oxygen atoms in total. The predicted molar refractivity (Wildman–Crippen MR) is 62.5 cm³/mol. The number of hydrogen-bond donors (Lipinski definition) is 2. The van der Waals surface area contributed by atoms with E-state index >= 15 is 0 Å². The first-order valence-corrected chi connectivity index (χ1v) is 6.10. The van der Waals surface area contributed by atoms with Crippen LogP contribution in [0.25, 0.3) is 11.5 Å². The lowest BCUT2D eigenvalue weighted by Gasteiger charge is -1.95. The van der Waals surface area contributed by atoms with E-state index in [0.717, 1.165) is 12.8 Å². The Hall–Kier alpha value is -1.89. The maximum Gasteiger partial charge on any atom is 0.292 e. The number of hydrogen-bond acceptors (Lipinski definition) is 6. The van der Waals surface area contributed by atoms with Crippen LogP contribution in [-0.4, -0.2) is 22.1 Å². The molecule has 2 aromatic heterocycles. The molecular formula is C10H10N4O2S. The lowest BCUT2D eigenvalue weighted by atomic mass is 10.3. The Labute approximate surface area is 101 Å². The average Bonchev–Trinajstić information content (AvgIpc) is 2.82. The van der Waals surface area contributed by atoms with Crippen LogP contribution in [0, 0.1) is 0 Å². The molecule has 88 valence electrons. The van der Waals surface area contributed by atoms with E-state index < -0.39 is 0 Å². The largest absolute Gasteiger partial charge is 0.390 e. The third-order valence-electron chi connectivity index (χ3n) is 2.47. The summed E-state index contributed by atoms with van der Waals surface area (Å²) in [5.41, 5.74) is 6.41. The van der Waals surface area contributed by atoms with Gasteiger partial charge >= 0.3 is 0 Å². The van der Waals surface area contributed by atoms with Crippen LogP contribution in [0.4, 0.5) is 5.00 Å². The average molecular weight is 250 g/mol. The van der Waals surface area contributed by atoms with Crippen LogP contribution in [-0.2, 0) is 0 Å². The van der Waals surface area contributed by atoms with E-state index in [-0.39, 0.29) is 23.7 Å². The van der Waals surface area contributed by atoms with Gasteiger partial charge in [0.05, 0.1) is 10.6 Å². The van der Waals surface area contributed by atoms with Gasteiger partial charge in [0.2, 0.25) is 0 Å². The van der Waals surface area contributed by atoms with E-state index in [1.165, 1.54) is 11.3 Å². The highest BCUT2D eigenvalue weighted by Gasteiger charge is 2.26. The molecule has 1 aliphatic rings. The van der Waals surface area contributed by atoms with E-state index in [1.807, 2.05) is 5.38 Å². The first-order chi connectivity index (χ1) is 8.24. The Kier molecular flexibility index (Phi) is 2.32. The molecule has 0 spiro atoms. The Morgan fingerprint density at radius 3 is 3.06 bits per heavy atom. The van der Waals surface area contributed by atoms with E-state index in [9.17, 15) is 4.79 Å². The van der Waals surface area contributed by atoms with Crippen molar-refractivity contribution in [2.75, 3.05) is 5.73 Å². The minimum absolute atomic E-state index is 0.0532. The molecule has 0 atom stereocenters. The Balaban J connectivity index is 1.82. The third-order valence-corrected chi connectivity index (χ3v) is 3.21. The van der Waals surface area contributed by atoms with Crippen LogP contribution in [0.1, 0.15) is 23.5 Å². The monoisotopic (exact) mass is 250 g/mol. The van der Waals surface area contributed by atoms with Crippen molar-refractivity contribution in [1.82, 2.24) is 15.5 Å². The molecule has 3 N–H and O–H groups in total. The number of nitrogens with one attached hydrogen (secondary N) is 1. The molecule has 0 aliphatic heterocycles. The number of nitrogen functional groups attached to an aromatic ring is 1. The molecule has 1 amide bonds. The van der Waals surface area contributed by atoms with Crippen LogP contribution in [0.15, 0.2) is 16.0 Å². The number of nitrogens with zero attached hydrogens (tertiary/aromatic N) is 2. The summed E-state index contributed by atoms with van der Waals surface area (Å²) in [5, 5.41) is 8.87. The molecule has 3 rings (SSSR count). The molecule has 0 bridgehead atoms. The maximum atomic E-state index is 11.6. The van der Waals surface area contributed by atoms with Gasteiger partial charge in [0.15, 0.2) is 0 Å². The summed E-state index contributed by atoms with van der Waals surface area (Å²) < 4.78 is 5.02. The highest BCUT2D eigenvalue weighted by molar-refractivity contribution is 7.14. The fourth-order valence-corrected chi connectivity index (χ4v) is 2.03. The van der Waals surface area contributed by atoms with Gasteiger partial charge < -0.3 is 15.6 Å². The molecule has 1 saturated carbocycles. The summed E-state index contributed by atoms with van der Waals surface area (Å²) in [6.45, 7) is 0. The van der Waals surface area contributed by atoms with Crippen molar-refractivity contribution in [1.29, 1.82) is 0 Å². The molecular weight excluding hydrogens is 240 g/mol. The number of anilines is 1. The van der Waals surface area contributed by atoms with Crippen molar-refractivity contribution in [3.8, 4) is 11.5 Å². The van der Waals surface area contributed by atoms with Crippen LogP contribution in [0.5, 0.6) is 0 Å². The van der Waals surface area contributed by atoms with Crippen LogP contribution in [0.2, 0.25) is 0 Å². The number of thiophene rings is 1. The summed E-state index contributed by atoms with van der Waals surface area (Å²) in [5.74, 6) is 0.0403. The Morgan fingerprint density at radius 2 is 2.41 bits per heavy atom. The number of carbonyl (C=O) groups is 1. The normalized spacial score (nSPS) is 14.8. The maximum absolute atomic E-state index is 11.6. The van der Waals surface area contributed by atoms with Gasteiger partial charge in [0.1, 0.15) is 0 Å². The molecule has 1 fully saturated rings. The van der Waals surface area contributed by atoms with Crippen LogP contribution >= 0.6 is 11.3 Å². The second-order valence-corrected chi connectivity index (χ2v) is 4.82.